The Labute approximate surface area is 92.2 Å². The lowest BCUT2D eigenvalue weighted by Gasteiger charge is -2.22. The molecule has 5 heteroatoms. The maximum absolute atomic E-state index is 8.91. The second-order valence-electron chi connectivity index (χ2n) is 3.82. The van der Waals surface area contributed by atoms with Crippen LogP contribution in [0.2, 0.25) is 0 Å². The minimum Gasteiger partial charge on any atom is -0.395 e. The molecule has 90 valence electrons. The lowest BCUT2D eigenvalue weighted by molar-refractivity contribution is 0.196. The van der Waals surface area contributed by atoms with Crippen LogP contribution in [0.5, 0.6) is 0 Å². The first-order valence-corrected chi connectivity index (χ1v) is 5.89. The molecule has 1 aliphatic rings. The molecule has 0 radical (unpaired) electrons. The molecule has 0 aromatic rings. The van der Waals surface area contributed by atoms with Crippen LogP contribution in [0.25, 0.3) is 0 Å². The second kappa shape index (κ2) is 9.06. The average molecular weight is 216 g/mol. The highest BCUT2D eigenvalue weighted by Gasteiger charge is 2.03. The average Bonchev–Trinajstić information content (AvgIpc) is 2.22. The summed E-state index contributed by atoms with van der Waals surface area (Å²) in [5.74, 6) is 0. The molecular formula is C10H24N4O. The van der Waals surface area contributed by atoms with Gasteiger partial charge in [-0.15, -0.1) is 0 Å². The molecule has 1 fully saturated rings. The molecule has 0 saturated carbocycles. The van der Waals surface area contributed by atoms with E-state index in [2.05, 4.69) is 20.9 Å². The lowest BCUT2D eigenvalue weighted by atomic mass is 10.4. The van der Waals surface area contributed by atoms with Crippen molar-refractivity contribution in [2.24, 2.45) is 0 Å². The van der Waals surface area contributed by atoms with Crippen molar-refractivity contribution in [3.63, 3.8) is 0 Å². The van der Waals surface area contributed by atoms with Gasteiger partial charge in [-0.25, -0.2) is 0 Å². The maximum atomic E-state index is 8.91. The first-order valence-electron chi connectivity index (χ1n) is 5.89. The van der Waals surface area contributed by atoms with Crippen LogP contribution in [0.1, 0.15) is 0 Å². The van der Waals surface area contributed by atoms with E-state index in [1.54, 1.807) is 0 Å². The third-order valence-corrected chi connectivity index (χ3v) is 2.58. The number of nitrogens with zero attached hydrogens (tertiary/aromatic N) is 1. The molecule has 0 atom stereocenters. The Kier molecular flexibility index (Phi) is 7.77. The number of aliphatic hydroxyl groups is 1. The molecule has 15 heavy (non-hydrogen) atoms. The van der Waals surface area contributed by atoms with Gasteiger partial charge in [-0.3, -0.25) is 4.90 Å². The summed E-state index contributed by atoms with van der Waals surface area (Å²) in [5.41, 5.74) is 0. The van der Waals surface area contributed by atoms with E-state index in [9.17, 15) is 0 Å². The van der Waals surface area contributed by atoms with Crippen LogP contribution >= 0.6 is 0 Å². The maximum Gasteiger partial charge on any atom is 0.0558 e. The molecule has 1 heterocycles. The molecule has 4 N–H and O–H groups in total. The highest BCUT2D eigenvalue weighted by molar-refractivity contribution is 4.64. The molecular weight excluding hydrogens is 192 g/mol. The van der Waals surface area contributed by atoms with Gasteiger partial charge in [0.2, 0.25) is 0 Å². The van der Waals surface area contributed by atoms with Gasteiger partial charge in [0, 0.05) is 58.9 Å². The van der Waals surface area contributed by atoms with Gasteiger partial charge < -0.3 is 21.1 Å². The number of aliphatic hydroxyl groups excluding tert-OH is 1. The van der Waals surface area contributed by atoms with E-state index in [1.165, 1.54) is 0 Å². The van der Waals surface area contributed by atoms with Crippen LogP contribution in [-0.4, -0.2) is 75.5 Å². The molecule has 1 rings (SSSR count). The van der Waals surface area contributed by atoms with Crippen LogP contribution in [0.3, 0.4) is 0 Å². The van der Waals surface area contributed by atoms with Crippen LogP contribution in [0, 0.1) is 0 Å². The Hall–Kier alpha value is -0.200. The van der Waals surface area contributed by atoms with Gasteiger partial charge in [-0.2, -0.15) is 0 Å². The van der Waals surface area contributed by atoms with Gasteiger partial charge in [-0.05, 0) is 0 Å². The second-order valence-corrected chi connectivity index (χ2v) is 3.82. The molecule has 0 unspecified atom stereocenters. The minimum absolute atomic E-state index is 0.252. The van der Waals surface area contributed by atoms with Crippen molar-refractivity contribution < 1.29 is 5.11 Å². The van der Waals surface area contributed by atoms with E-state index in [0.29, 0.717) is 0 Å². The molecule has 0 aromatic heterocycles. The zero-order valence-electron chi connectivity index (χ0n) is 9.47. The summed E-state index contributed by atoms with van der Waals surface area (Å²) < 4.78 is 0. The zero-order chi connectivity index (χ0) is 10.8. The fourth-order valence-corrected chi connectivity index (χ4v) is 1.68. The number of nitrogens with one attached hydrogen (secondary N) is 3. The van der Waals surface area contributed by atoms with Crippen molar-refractivity contribution >= 4 is 0 Å². The largest absolute Gasteiger partial charge is 0.395 e. The molecule has 0 amide bonds. The molecule has 0 aromatic carbocycles. The fourth-order valence-electron chi connectivity index (χ4n) is 1.68. The Morgan fingerprint density at radius 2 is 1.27 bits per heavy atom. The van der Waals surface area contributed by atoms with E-state index in [1.807, 2.05) is 0 Å². The highest BCUT2D eigenvalue weighted by atomic mass is 16.3. The number of hydrogen-bond donors (Lipinski definition) is 4. The van der Waals surface area contributed by atoms with Crippen molar-refractivity contribution in [3.05, 3.63) is 0 Å². The zero-order valence-corrected chi connectivity index (χ0v) is 9.47. The number of rotatable bonds is 2. The summed E-state index contributed by atoms with van der Waals surface area (Å²) >= 11 is 0. The van der Waals surface area contributed by atoms with Gasteiger partial charge in [0.05, 0.1) is 6.61 Å². The Morgan fingerprint density at radius 3 is 1.73 bits per heavy atom. The van der Waals surface area contributed by atoms with Crippen LogP contribution in [0.15, 0.2) is 0 Å². The summed E-state index contributed by atoms with van der Waals surface area (Å²) in [6.45, 7) is 9.17. The van der Waals surface area contributed by atoms with E-state index >= 15 is 0 Å². The van der Waals surface area contributed by atoms with E-state index in [0.717, 1.165) is 58.9 Å². The van der Waals surface area contributed by atoms with Crippen molar-refractivity contribution in [1.29, 1.82) is 0 Å². The predicted octanol–water partition coefficient (Wildman–Crippen LogP) is -1.94. The van der Waals surface area contributed by atoms with E-state index in [-0.39, 0.29) is 6.61 Å². The van der Waals surface area contributed by atoms with Gasteiger partial charge in [-0.1, -0.05) is 0 Å². The third-order valence-electron chi connectivity index (χ3n) is 2.58. The topological polar surface area (TPSA) is 59.6 Å². The van der Waals surface area contributed by atoms with Gasteiger partial charge in [0.25, 0.3) is 0 Å². The third kappa shape index (κ3) is 6.81. The van der Waals surface area contributed by atoms with Crippen molar-refractivity contribution in [1.82, 2.24) is 20.9 Å². The molecule has 0 bridgehead atoms. The Morgan fingerprint density at radius 1 is 0.800 bits per heavy atom. The minimum atomic E-state index is 0.252. The Balaban J connectivity index is 2.19. The first kappa shape index (κ1) is 12.9. The van der Waals surface area contributed by atoms with E-state index in [4.69, 9.17) is 5.11 Å². The van der Waals surface area contributed by atoms with Crippen molar-refractivity contribution in [2.75, 3.05) is 65.5 Å². The van der Waals surface area contributed by atoms with Crippen LogP contribution in [-0.2, 0) is 0 Å². The summed E-state index contributed by atoms with van der Waals surface area (Å²) in [6, 6.07) is 0. The molecule has 0 spiro atoms. The summed E-state index contributed by atoms with van der Waals surface area (Å²) in [6.07, 6.45) is 0. The summed E-state index contributed by atoms with van der Waals surface area (Å²) in [7, 11) is 0. The van der Waals surface area contributed by atoms with Crippen molar-refractivity contribution in [2.45, 2.75) is 0 Å². The molecule has 1 saturated heterocycles. The quantitative estimate of drug-likeness (QED) is 0.433. The summed E-state index contributed by atoms with van der Waals surface area (Å²) in [5, 5.41) is 19.0. The predicted molar refractivity (Wildman–Crippen MR) is 62.1 cm³/mol. The molecule has 5 nitrogen and oxygen atoms in total. The van der Waals surface area contributed by atoms with Crippen LogP contribution in [0.4, 0.5) is 0 Å². The number of hydrogen-bond acceptors (Lipinski definition) is 5. The SMILES string of the molecule is OCCN1CCNCCNCCNCC1. The molecule has 1 aliphatic heterocycles. The van der Waals surface area contributed by atoms with Crippen molar-refractivity contribution in [3.8, 4) is 0 Å². The smallest absolute Gasteiger partial charge is 0.0558 e. The lowest BCUT2D eigenvalue weighted by Crippen LogP contribution is -2.42. The van der Waals surface area contributed by atoms with E-state index < -0.39 is 0 Å². The normalized spacial score (nSPS) is 23.0. The Bertz CT molecular complexity index is 133. The van der Waals surface area contributed by atoms with Gasteiger partial charge in [0.15, 0.2) is 0 Å². The summed E-state index contributed by atoms with van der Waals surface area (Å²) in [4.78, 5) is 2.29. The molecule has 0 aliphatic carbocycles. The standard InChI is InChI=1S/C10H24N4O/c15-10-9-14-7-5-12-3-1-11-2-4-13-6-8-14/h11-13,15H,1-10H2. The fraction of sp³-hybridized carbons (Fsp3) is 1.00. The first-order chi connectivity index (χ1) is 7.43. The monoisotopic (exact) mass is 216 g/mol. The van der Waals surface area contributed by atoms with Gasteiger partial charge >= 0.3 is 0 Å². The number of β-amino-alcohol motifs (C(OH)–C–C–N with tert-alkyl or cyclic N) is 1. The van der Waals surface area contributed by atoms with Crippen LogP contribution < -0.4 is 16.0 Å². The van der Waals surface area contributed by atoms with Gasteiger partial charge in [0.1, 0.15) is 0 Å². The highest BCUT2D eigenvalue weighted by Crippen LogP contribution is 1.85.